The highest BCUT2D eigenvalue weighted by atomic mass is 79.9. The van der Waals surface area contributed by atoms with Crippen LogP contribution in [0.3, 0.4) is 0 Å². The van der Waals surface area contributed by atoms with Crippen molar-refractivity contribution in [3.63, 3.8) is 0 Å². The summed E-state index contributed by atoms with van der Waals surface area (Å²) in [7, 11) is -0.203. The van der Waals surface area contributed by atoms with Gasteiger partial charge in [-0.2, -0.15) is 0 Å². The van der Waals surface area contributed by atoms with Crippen molar-refractivity contribution in [1.29, 1.82) is 0 Å². The summed E-state index contributed by atoms with van der Waals surface area (Å²) in [4.78, 5) is 0. The largest absolute Gasteiger partial charge is 0.495 e. The fourth-order valence-electron chi connectivity index (χ4n) is 1.42. The van der Waals surface area contributed by atoms with Crippen LogP contribution in [0.2, 0.25) is 0 Å². The second-order valence-corrected chi connectivity index (χ2v) is 6.37. The molecule has 0 saturated heterocycles. The molecule has 0 fully saturated rings. The summed E-state index contributed by atoms with van der Waals surface area (Å²) >= 11 is 3.17. The minimum atomic E-state index is -1.54. The first kappa shape index (κ1) is 17.4. The van der Waals surface area contributed by atoms with Crippen LogP contribution in [0.15, 0.2) is 16.6 Å². The van der Waals surface area contributed by atoms with Crippen LogP contribution in [0.5, 0.6) is 5.75 Å². The summed E-state index contributed by atoms with van der Waals surface area (Å²) in [6, 6.07) is 3.00. The van der Waals surface area contributed by atoms with Gasteiger partial charge in [-0.25, -0.2) is 4.39 Å². The average Bonchev–Trinajstić information content (AvgIpc) is 2.27. The zero-order valence-electron chi connectivity index (χ0n) is 12.2. The van der Waals surface area contributed by atoms with Crippen LogP contribution in [0.1, 0.15) is 27.7 Å². The molecule has 1 aromatic carbocycles. The van der Waals surface area contributed by atoms with E-state index in [4.69, 9.17) is 9.39 Å². The molecule has 20 heavy (non-hydrogen) atoms. The van der Waals surface area contributed by atoms with Crippen LogP contribution in [0.25, 0.3) is 0 Å². The molecule has 0 saturated carbocycles. The van der Waals surface area contributed by atoms with Gasteiger partial charge in [0.15, 0.2) is 11.6 Å². The van der Waals surface area contributed by atoms with E-state index in [2.05, 4.69) is 15.9 Å². The van der Waals surface area contributed by atoms with Gasteiger partial charge < -0.3 is 19.5 Å². The van der Waals surface area contributed by atoms with E-state index in [1.54, 1.807) is 33.8 Å². The Bertz CT molecular complexity index is 488. The fourth-order valence-corrected chi connectivity index (χ4v) is 1.92. The van der Waals surface area contributed by atoms with Gasteiger partial charge in [-0.3, -0.25) is 0 Å². The van der Waals surface area contributed by atoms with Gasteiger partial charge in [0.25, 0.3) is 0 Å². The van der Waals surface area contributed by atoms with Crippen molar-refractivity contribution < 1.29 is 23.9 Å². The molecule has 0 amide bonds. The van der Waals surface area contributed by atoms with Gasteiger partial charge in [0.2, 0.25) is 0 Å². The molecule has 0 aliphatic heterocycles. The number of hydrogen-bond acceptors (Lipinski definition) is 4. The number of methoxy groups -OCH3 is 1. The molecular formula is C13H19BBrFO4. The highest BCUT2D eigenvalue weighted by Gasteiger charge is 2.41. The quantitative estimate of drug-likeness (QED) is 0.797. The second-order valence-electron chi connectivity index (χ2n) is 5.52. The van der Waals surface area contributed by atoms with Crippen molar-refractivity contribution in [2.24, 2.45) is 0 Å². The lowest BCUT2D eigenvalue weighted by Crippen LogP contribution is -2.53. The second kappa shape index (κ2) is 6.01. The number of aliphatic hydroxyl groups is 1. The maximum absolute atomic E-state index is 14.2. The minimum absolute atomic E-state index is 0.00640. The summed E-state index contributed by atoms with van der Waals surface area (Å²) in [6.45, 7) is 6.33. The Balaban J connectivity index is 3.13. The SMILES string of the molecule is COc1ccc(Br)c(B(O)OC(C)(C)C(C)(C)O)c1F. The van der Waals surface area contributed by atoms with Gasteiger partial charge in [-0.05, 0) is 39.8 Å². The molecule has 0 aromatic heterocycles. The third-order valence-electron chi connectivity index (χ3n) is 3.44. The van der Waals surface area contributed by atoms with E-state index in [-0.39, 0.29) is 11.2 Å². The third-order valence-corrected chi connectivity index (χ3v) is 4.13. The Hall–Kier alpha value is -0.625. The molecule has 0 heterocycles. The lowest BCUT2D eigenvalue weighted by molar-refractivity contribution is -0.0983. The average molecular weight is 349 g/mol. The summed E-state index contributed by atoms with van der Waals surface area (Å²) in [5.41, 5.74) is -2.36. The Morgan fingerprint density at radius 1 is 1.25 bits per heavy atom. The molecule has 0 radical (unpaired) electrons. The van der Waals surface area contributed by atoms with E-state index >= 15 is 0 Å². The number of halogens is 2. The molecule has 1 aromatic rings. The Morgan fingerprint density at radius 2 is 1.80 bits per heavy atom. The van der Waals surface area contributed by atoms with Gasteiger partial charge in [0, 0.05) is 9.94 Å². The maximum Gasteiger partial charge on any atom is 0.495 e. The van der Waals surface area contributed by atoms with Crippen molar-refractivity contribution in [2.45, 2.75) is 38.9 Å². The summed E-state index contributed by atoms with van der Waals surface area (Å²) < 4.78 is 24.9. The van der Waals surface area contributed by atoms with Crippen LogP contribution < -0.4 is 10.2 Å². The normalized spacial score (nSPS) is 12.4. The predicted octanol–water partition coefficient (Wildman–Crippen LogP) is 1.85. The number of hydrogen-bond donors (Lipinski definition) is 2. The smallest absolute Gasteiger partial charge is 0.494 e. The molecular weight excluding hydrogens is 330 g/mol. The molecule has 0 aliphatic carbocycles. The van der Waals surface area contributed by atoms with E-state index in [0.717, 1.165) is 0 Å². The molecule has 0 aliphatic rings. The summed E-state index contributed by atoms with van der Waals surface area (Å²) in [5.74, 6) is -0.701. The van der Waals surface area contributed by atoms with E-state index in [1.807, 2.05) is 0 Å². The molecule has 112 valence electrons. The van der Waals surface area contributed by atoms with Crippen molar-refractivity contribution in [2.75, 3.05) is 7.11 Å². The van der Waals surface area contributed by atoms with Crippen LogP contribution >= 0.6 is 15.9 Å². The first-order valence-electron chi connectivity index (χ1n) is 6.11. The van der Waals surface area contributed by atoms with Crippen molar-refractivity contribution in [3.8, 4) is 5.75 Å². The van der Waals surface area contributed by atoms with Crippen molar-refractivity contribution in [3.05, 3.63) is 22.4 Å². The number of benzene rings is 1. The van der Waals surface area contributed by atoms with E-state index in [9.17, 15) is 14.5 Å². The van der Waals surface area contributed by atoms with Gasteiger partial charge >= 0.3 is 7.12 Å². The van der Waals surface area contributed by atoms with Crippen molar-refractivity contribution >= 4 is 28.5 Å². The molecule has 2 N–H and O–H groups in total. The fraction of sp³-hybridized carbons (Fsp3) is 0.538. The summed E-state index contributed by atoms with van der Waals surface area (Å²) in [5, 5.41) is 20.2. The third kappa shape index (κ3) is 3.52. The van der Waals surface area contributed by atoms with Crippen LogP contribution in [-0.2, 0) is 4.65 Å². The van der Waals surface area contributed by atoms with Crippen LogP contribution in [0, 0.1) is 5.82 Å². The topological polar surface area (TPSA) is 58.9 Å². The minimum Gasteiger partial charge on any atom is -0.494 e. The molecule has 1 rings (SSSR count). The van der Waals surface area contributed by atoms with Crippen LogP contribution in [0.4, 0.5) is 4.39 Å². The lowest BCUT2D eigenvalue weighted by Gasteiger charge is -2.38. The number of rotatable bonds is 5. The molecule has 0 atom stereocenters. The standard InChI is InChI=1S/C13H19BBrFO4/c1-12(2,17)13(3,4)20-14(18)10-8(15)6-7-9(19-5)11(10)16/h6-7,17-18H,1-5H3. The molecule has 7 heteroatoms. The predicted molar refractivity (Wildman–Crippen MR) is 79.7 cm³/mol. The van der Waals surface area contributed by atoms with E-state index in [0.29, 0.717) is 4.47 Å². The van der Waals surface area contributed by atoms with E-state index in [1.165, 1.54) is 13.2 Å². The Kier molecular flexibility index (Phi) is 5.24. The van der Waals surface area contributed by atoms with Gasteiger partial charge in [-0.15, -0.1) is 0 Å². The Labute approximate surface area is 127 Å². The Morgan fingerprint density at radius 3 is 2.25 bits per heavy atom. The number of ether oxygens (including phenoxy) is 1. The molecule has 0 spiro atoms. The van der Waals surface area contributed by atoms with Crippen molar-refractivity contribution in [1.82, 2.24) is 0 Å². The maximum atomic E-state index is 14.2. The monoisotopic (exact) mass is 348 g/mol. The van der Waals surface area contributed by atoms with Gasteiger partial charge in [0.05, 0.1) is 18.3 Å². The first-order chi connectivity index (χ1) is 9.01. The van der Waals surface area contributed by atoms with E-state index < -0.39 is 24.1 Å². The van der Waals surface area contributed by atoms with Crippen LogP contribution in [-0.4, -0.2) is 35.6 Å². The zero-order valence-corrected chi connectivity index (χ0v) is 13.8. The van der Waals surface area contributed by atoms with Gasteiger partial charge in [0.1, 0.15) is 0 Å². The first-order valence-corrected chi connectivity index (χ1v) is 6.90. The highest BCUT2D eigenvalue weighted by molar-refractivity contribution is 9.10. The molecule has 0 bridgehead atoms. The summed E-state index contributed by atoms with van der Waals surface area (Å²) in [6.07, 6.45) is 0. The molecule has 0 unspecified atom stereocenters. The van der Waals surface area contributed by atoms with Gasteiger partial charge in [-0.1, -0.05) is 15.9 Å². The molecule has 4 nitrogen and oxygen atoms in total. The zero-order chi connectivity index (χ0) is 15.7. The lowest BCUT2D eigenvalue weighted by atomic mass is 9.76. The highest BCUT2D eigenvalue weighted by Crippen LogP contribution is 2.27.